The third kappa shape index (κ3) is 3.91. The molecule has 0 aromatic heterocycles. The number of hydrogen-bond donors (Lipinski definition) is 2. The minimum atomic E-state index is -0.0455. The van der Waals surface area contributed by atoms with Crippen LogP contribution in [0, 0.1) is 0 Å². The summed E-state index contributed by atoms with van der Waals surface area (Å²) in [6.07, 6.45) is 1.02. The molecular formula is C12H17ClN2OS. The number of benzene rings is 1. The predicted molar refractivity (Wildman–Crippen MR) is 75.9 cm³/mol. The van der Waals surface area contributed by atoms with E-state index in [1.54, 1.807) is 11.8 Å². The lowest BCUT2D eigenvalue weighted by atomic mass is 10.1. The largest absolute Gasteiger partial charge is 0.325 e. The van der Waals surface area contributed by atoms with E-state index in [1.165, 1.54) is 5.56 Å². The first-order chi connectivity index (χ1) is 7.79. The highest BCUT2D eigenvalue weighted by Crippen LogP contribution is 2.13. The number of amides is 1. The van der Waals surface area contributed by atoms with E-state index >= 15 is 0 Å². The molecule has 1 aliphatic rings. The number of aryl methyl sites for hydroxylation is 1. The van der Waals surface area contributed by atoms with Gasteiger partial charge < -0.3 is 5.32 Å². The molecule has 3 nitrogen and oxygen atoms in total. The second kappa shape index (κ2) is 6.89. The van der Waals surface area contributed by atoms with Crippen molar-refractivity contribution in [1.29, 1.82) is 0 Å². The monoisotopic (exact) mass is 272 g/mol. The van der Waals surface area contributed by atoms with E-state index in [-0.39, 0.29) is 24.4 Å². The minimum absolute atomic E-state index is 0. The van der Waals surface area contributed by atoms with Crippen molar-refractivity contribution >= 4 is 35.8 Å². The molecule has 1 atom stereocenters. The van der Waals surface area contributed by atoms with Crippen LogP contribution in [-0.4, -0.2) is 23.6 Å². The molecule has 1 heterocycles. The van der Waals surface area contributed by atoms with Gasteiger partial charge in [0.25, 0.3) is 0 Å². The maximum atomic E-state index is 11.8. The number of anilines is 1. The standard InChI is InChI=1S/C12H16N2OS.ClH/c1-2-9-3-5-10(6-4-9)14-12(15)11-7-16-8-13-11;/h3-6,11,13H,2,7-8H2,1H3,(H,14,15);1H. The highest BCUT2D eigenvalue weighted by molar-refractivity contribution is 7.99. The molecule has 0 saturated carbocycles. The molecule has 0 aliphatic carbocycles. The minimum Gasteiger partial charge on any atom is -0.325 e. The Bertz CT molecular complexity index is 363. The van der Waals surface area contributed by atoms with Gasteiger partial charge in [0.05, 0.1) is 6.04 Å². The first-order valence-corrected chi connectivity index (χ1v) is 6.66. The van der Waals surface area contributed by atoms with Crippen LogP contribution in [0.5, 0.6) is 0 Å². The molecule has 1 saturated heterocycles. The van der Waals surface area contributed by atoms with E-state index in [2.05, 4.69) is 17.6 Å². The summed E-state index contributed by atoms with van der Waals surface area (Å²) in [7, 11) is 0. The summed E-state index contributed by atoms with van der Waals surface area (Å²) in [6, 6.07) is 7.96. The van der Waals surface area contributed by atoms with Crippen molar-refractivity contribution in [2.75, 3.05) is 16.9 Å². The van der Waals surface area contributed by atoms with Gasteiger partial charge in [0.2, 0.25) is 5.91 Å². The van der Waals surface area contributed by atoms with Gasteiger partial charge in [-0.2, -0.15) is 0 Å². The van der Waals surface area contributed by atoms with E-state index < -0.39 is 0 Å². The maximum Gasteiger partial charge on any atom is 0.242 e. The average molecular weight is 273 g/mol. The van der Waals surface area contributed by atoms with Gasteiger partial charge in [0.15, 0.2) is 0 Å². The number of thioether (sulfide) groups is 1. The van der Waals surface area contributed by atoms with Crippen LogP contribution in [-0.2, 0) is 11.2 Å². The molecule has 2 rings (SSSR count). The number of rotatable bonds is 3. The molecule has 17 heavy (non-hydrogen) atoms. The van der Waals surface area contributed by atoms with Gasteiger partial charge in [0, 0.05) is 17.3 Å². The van der Waals surface area contributed by atoms with E-state index in [1.807, 2.05) is 24.3 Å². The Kier molecular flexibility index (Phi) is 5.82. The Labute approximate surface area is 112 Å². The Morgan fingerprint density at radius 1 is 1.47 bits per heavy atom. The molecule has 2 N–H and O–H groups in total. The zero-order chi connectivity index (χ0) is 11.4. The average Bonchev–Trinajstić information content (AvgIpc) is 2.83. The number of halogens is 1. The van der Waals surface area contributed by atoms with Gasteiger partial charge in [-0.3, -0.25) is 10.1 Å². The Morgan fingerprint density at radius 2 is 2.18 bits per heavy atom. The van der Waals surface area contributed by atoms with Crippen LogP contribution in [0.25, 0.3) is 0 Å². The summed E-state index contributed by atoms with van der Waals surface area (Å²) in [6.45, 7) is 2.12. The summed E-state index contributed by atoms with van der Waals surface area (Å²) in [5.41, 5.74) is 2.16. The molecule has 1 amide bonds. The van der Waals surface area contributed by atoms with Crippen LogP contribution in [0.15, 0.2) is 24.3 Å². The van der Waals surface area contributed by atoms with E-state index in [0.717, 1.165) is 23.7 Å². The predicted octanol–water partition coefficient (Wildman–Crippen LogP) is 2.27. The zero-order valence-electron chi connectivity index (χ0n) is 9.73. The van der Waals surface area contributed by atoms with Crippen molar-refractivity contribution in [1.82, 2.24) is 5.32 Å². The lowest BCUT2D eigenvalue weighted by Gasteiger charge is -2.10. The van der Waals surface area contributed by atoms with Crippen molar-refractivity contribution in [2.45, 2.75) is 19.4 Å². The second-order valence-corrected chi connectivity index (χ2v) is 4.84. The molecule has 0 bridgehead atoms. The fourth-order valence-corrected chi connectivity index (χ4v) is 2.56. The SMILES string of the molecule is CCc1ccc(NC(=O)C2CSCN2)cc1.Cl. The second-order valence-electron chi connectivity index (χ2n) is 3.81. The molecule has 0 radical (unpaired) electrons. The Hall–Kier alpha value is -0.710. The quantitative estimate of drug-likeness (QED) is 0.887. The summed E-state index contributed by atoms with van der Waals surface area (Å²) in [5.74, 6) is 1.79. The molecule has 1 aromatic rings. The maximum absolute atomic E-state index is 11.8. The van der Waals surface area contributed by atoms with Crippen LogP contribution in [0.2, 0.25) is 0 Å². The molecule has 1 aliphatic heterocycles. The fraction of sp³-hybridized carbons (Fsp3) is 0.417. The van der Waals surface area contributed by atoms with Crippen LogP contribution in [0.3, 0.4) is 0 Å². The molecule has 1 fully saturated rings. The molecule has 0 spiro atoms. The number of hydrogen-bond acceptors (Lipinski definition) is 3. The fourth-order valence-electron chi connectivity index (χ4n) is 1.62. The van der Waals surface area contributed by atoms with E-state index in [9.17, 15) is 4.79 Å². The van der Waals surface area contributed by atoms with Gasteiger partial charge >= 0.3 is 0 Å². The molecule has 1 aromatic carbocycles. The number of carbonyl (C=O) groups is 1. The van der Waals surface area contributed by atoms with Gasteiger partial charge in [-0.25, -0.2) is 0 Å². The van der Waals surface area contributed by atoms with Crippen molar-refractivity contribution in [3.8, 4) is 0 Å². The number of carbonyl (C=O) groups excluding carboxylic acids is 1. The number of nitrogens with one attached hydrogen (secondary N) is 2. The van der Waals surface area contributed by atoms with Gasteiger partial charge in [-0.05, 0) is 24.1 Å². The third-order valence-corrected chi connectivity index (χ3v) is 3.60. The summed E-state index contributed by atoms with van der Waals surface area (Å²) >= 11 is 1.76. The van der Waals surface area contributed by atoms with Crippen molar-refractivity contribution in [3.63, 3.8) is 0 Å². The highest BCUT2D eigenvalue weighted by Gasteiger charge is 2.22. The van der Waals surface area contributed by atoms with E-state index in [4.69, 9.17) is 0 Å². The van der Waals surface area contributed by atoms with E-state index in [0.29, 0.717) is 0 Å². The summed E-state index contributed by atoms with van der Waals surface area (Å²) < 4.78 is 0. The highest BCUT2D eigenvalue weighted by atomic mass is 35.5. The van der Waals surface area contributed by atoms with Crippen molar-refractivity contribution in [2.24, 2.45) is 0 Å². The normalized spacial score (nSPS) is 18.5. The lowest BCUT2D eigenvalue weighted by molar-refractivity contribution is -0.117. The molecule has 5 heteroatoms. The zero-order valence-corrected chi connectivity index (χ0v) is 11.4. The summed E-state index contributed by atoms with van der Waals surface area (Å²) in [4.78, 5) is 11.8. The lowest BCUT2D eigenvalue weighted by Crippen LogP contribution is -2.37. The smallest absolute Gasteiger partial charge is 0.242 e. The van der Waals surface area contributed by atoms with Gasteiger partial charge in [-0.15, -0.1) is 24.2 Å². The van der Waals surface area contributed by atoms with Crippen molar-refractivity contribution in [3.05, 3.63) is 29.8 Å². The topological polar surface area (TPSA) is 41.1 Å². The van der Waals surface area contributed by atoms with Crippen LogP contribution in [0.1, 0.15) is 12.5 Å². The third-order valence-electron chi connectivity index (χ3n) is 2.66. The summed E-state index contributed by atoms with van der Waals surface area (Å²) in [5, 5.41) is 6.07. The Balaban J connectivity index is 0.00000144. The molecular weight excluding hydrogens is 256 g/mol. The van der Waals surface area contributed by atoms with Crippen LogP contribution < -0.4 is 10.6 Å². The first-order valence-electron chi connectivity index (χ1n) is 5.50. The van der Waals surface area contributed by atoms with Gasteiger partial charge in [-0.1, -0.05) is 19.1 Å². The first kappa shape index (κ1) is 14.4. The van der Waals surface area contributed by atoms with Crippen molar-refractivity contribution < 1.29 is 4.79 Å². The Morgan fingerprint density at radius 3 is 2.71 bits per heavy atom. The van der Waals surface area contributed by atoms with Gasteiger partial charge in [0.1, 0.15) is 0 Å². The van der Waals surface area contributed by atoms with Crippen LogP contribution in [0.4, 0.5) is 5.69 Å². The molecule has 1 unspecified atom stereocenters. The molecule has 94 valence electrons. The van der Waals surface area contributed by atoms with Crippen LogP contribution >= 0.6 is 24.2 Å².